The number of benzene rings is 2. The van der Waals surface area contributed by atoms with Crippen molar-refractivity contribution in [1.29, 1.82) is 0 Å². The molecule has 7 nitrogen and oxygen atoms in total. The van der Waals surface area contributed by atoms with Crippen LogP contribution in [0.15, 0.2) is 65.6 Å². The Labute approximate surface area is 223 Å². The summed E-state index contributed by atoms with van der Waals surface area (Å²) in [4.78, 5) is 25.7. The summed E-state index contributed by atoms with van der Waals surface area (Å²) < 4.78 is 1.96. The number of hydrogen-bond donors (Lipinski definition) is 2. The van der Waals surface area contributed by atoms with Crippen LogP contribution in [0.5, 0.6) is 0 Å². The highest BCUT2D eigenvalue weighted by Crippen LogP contribution is 2.31. The fraction of sp³-hybridized carbons (Fsp3) is 0.387. The van der Waals surface area contributed by atoms with Gasteiger partial charge < -0.3 is 15.5 Å². The summed E-state index contributed by atoms with van der Waals surface area (Å²) >= 11 is 0. The predicted molar refractivity (Wildman–Crippen MR) is 155 cm³/mol. The van der Waals surface area contributed by atoms with Crippen LogP contribution in [0.2, 0.25) is 0 Å². The van der Waals surface area contributed by atoms with Crippen molar-refractivity contribution in [3.05, 3.63) is 87.8 Å². The lowest BCUT2D eigenvalue weighted by Crippen LogP contribution is -2.43. The van der Waals surface area contributed by atoms with Gasteiger partial charge in [-0.2, -0.15) is 4.98 Å². The van der Waals surface area contributed by atoms with E-state index in [0.717, 1.165) is 86.1 Å². The molecule has 0 amide bonds. The molecule has 1 aliphatic heterocycles. The Balaban J connectivity index is 1.31. The maximum atomic E-state index is 13.8. The van der Waals surface area contributed by atoms with Crippen molar-refractivity contribution >= 4 is 28.4 Å². The van der Waals surface area contributed by atoms with Crippen LogP contribution in [0.3, 0.4) is 0 Å². The van der Waals surface area contributed by atoms with E-state index < -0.39 is 0 Å². The molecule has 1 aliphatic carbocycles. The number of nitrogens with zero attached hydrogens (tertiary/aromatic N) is 4. The van der Waals surface area contributed by atoms with E-state index in [9.17, 15) is 4.79 Å². The van der Waals surface area contributed by atoms with Gasteiger partial charge in [0.05, 0.1) is 0 Å². The Morgan fingerprint density at radius 1 is 0.974 bits per heavy atom. The molecule has 2 aromatic carbocycles. The fourth-order valence-corrected chi connectivity index (χ4v) is 5.79. The Kier molecular flexibility index (Phi) is 7.10. The van der Waals surface area contributed by atoms with Crippen LogP contribution in [0, 0.1) is 0 Å². The van der Waals surface area contributed by atoms with Gasteiger partial charge in [0, 0.05) is 67.2 Å². The number of hydrogen-bond acceptors (Lipinski definition) is 6. The molecular formula is C31H36N6O. The van der Waals surface area contributed by atoms with Crippen LogP contribution in [0.1, 0.15) is 55.3 Å². The standard InChI is InChI=1S/C31H36N6O/c1-2-22-7-9-23(10-8-22)19-24-20-25-21-33-31(35-29(25)37(30(24)38)28-5-3-4-6-28)34-26-11-13-27(14-12-26)36-17-15-32-16-18-36/h7-14,20-21,28,32H,2-6,15-19H2,1H3,(H,33,34,35). The monoisotopic (exact) mass is 508 g/mol. The van der Waals surface area contributed by atoms with Crippen molar-refractivity contribution in [2.24, 2.45) is 0 Å². The van der Waals surface area contributed by atoms with Crippen LogP contribution >= 0.6 is 0 Å². The molecule has 2 aromatic heterocycles. The third kappa shape index (κ3) is 5.16. The average molecular weight is 509 g/mol. The molecule has 4 aromatic rings. The molecule has 196 valence electrons. The highest BCUT2D eigenvalue weighted by atomic mass is 16.1. The number of aromatic nitrogens is 3. The van der Waals surface area contributed by atoms with Crippen molar-refractivity contribution in [2.45, 2.75) is 51.5 Å². The Bertz CT molecular complexity index is 1450. The van der Waals surface area contributed by atoms with Gasteiger partial charge in [0.25, 0.3) is 5.56 Å². The smallest absolute Gasteiger partial charge is 0.256 e. The SMILES string of the molecule is CCc1ccc(Cc2cc3cnc(Nc4ccc(N5CCNCC5)cc4)nc3n(C3CCCC3)c2=O)cc1. The van der Waals surface area contributed by atoms with E-state index in [1.54, 1.807) is 0 Å². The first-order valence-corrected chi connectivity index (χ1v) is 14.0. The molecule has 0 spiro atoms. The molecule has 2 N–H and O–H groups in total. The number of piperazine rings is 1. The van der Waals surface area contributed by atoms with Crippen molar-refractivity contribution < 1.29 is 0 Å². The third-order valence-corrected chi connectivity index (χ3v) is 7.97. The summed E-state index contributed by atoms with van der Waals surface area (Å²) in [5, 5.41) is 7.67. The van der Waals surface area contributed by atoms with Gasteiger partial charge >= 0.3 is 0 Å². The Hall–Kier alpha value is -3.71. The lowest BCUT2D eigenvalue weighted by Gasteiger charge is -2.29. The van der Waals surface area contributed by atoms with Gasteiger partial charge in [0.2, 0.25) is 5.95 Å². The normalized spacial score (nSPS) is 16.3. The van der Waals surface area contributed by atoms with Crippen LogP contribution in [-0.2, 0) is 12.8 Å². The first kappa shape index (κ1) is 24.6. The summed E-state index contributed by atoms with van der Waals surface area (Å²) in [5.74, 6) is 0.515. The van der Waals surface area contributed by atoms with E-state index in [1.807, 2.05) is 16.8 Å². The zero-order valence-electron chi connectivity index (χ0n) is 22.1. The fourth-order valence-electron chi connectivity index (χ4n) is 5.79. The van der Waals surface area contributed by atoms with Gasteiger partial charge in [0.15, 0.2) is 0 Å². The zero-order valence-corrected chi connectivity index (χ0v) is 22.1. The molecule has 38 heavy (non-hydrogen) atoms. The summed E-state index contributed by atoms with van der Waals surface area (Å²) in [6, 6.07) is 19.2. The molecule has 6 rings (SSSR count). The second-order valence-corrected chi connectivity index (χ2v) is 10.5. The maximum Gasteiger partial charge on any atom is 0.256 e. The second-order valence-electron chi connectivity index (χ2n) is 10.5. The minimum atomic E-state index is 0.0778. The molecule has 0 atom stereocenters. The molecule has 3 heterocycles. The largest absolute Gasteiger partial charge is 0.369 e. The molecule has 1 saturated heterocycles. The van der Waals surface area contributed by atoms with Crippen molar-refractivity contribution in [2.75, 3.05) is 36.4 Å². The van der Waals surface area contributed by atoms with Gasteiger partial charge in [-0.1, -0.05) is 44.0 Å². The van der Waals surface area contributed by atoms with E-state index >= 15 is 0 Å². The molecule has 2 aliphatic rings. The average Bonchev–Trinajstić information content (AvgIpc) is 3.49. The van der Waals surface area contributed by atoms with Crippen LogP contribution in [0.25, 0.3) is 11.0 Å². The van der Waals surface area contributed by atoms with Gasteiger partial charge in [0.1, 0.15) is 5.65 Å². The van der Waals surface area contributed by atoms with Crippen molar-refractivity contribution in [3.63, 3.8) is 0 Å². The van der Waals surface area contributed by atoms with Gasteiger partial charge in [-0.25, -0.2) is 4.98 Å². The number of nitrogens with one attached hydrogen (secondary N) is 2. The maximum absolute atomic E-state index is 13.8. The first-order chi connectivity index (χ1) is 18.7. The number of anilines is 3. The van der Waals surface area contributed by atoms with Gasteiger partial charge in [-0.3, -0.25) is 9.36 Å². The van der Waals surface area contributed by atoms with E-state index in [0.29, 0.717) is 12.4 Å². The summed E-state index contributed by atoms with van der Waals surface area (Å²) in [7, 11) is 0. The number of aryl methyl sites for hydroxylation is 1. The lowest BCUT2D eigenvalue weighted by atomic mass is 10.0. The van der Waals surface area contributed by atoms with E-state index in [2.05, 4.69) is 76.0 Å². The zero-order chi connectivity index (χ0) is 25.9. The molecular weight excluding hydrogens is 472 g/mol. The van der Waals surface area contributed by atoms with Crippen molar-refractivity contribution in [3.8, 4) is 0 Å². The highest BCUT2D eigenvalue weighted by Gasteiger charge is 2.23. The van der Waals surface area contributed by atoms with Crippen molar-refractivity contribution in [1.82, 2.24) is 19.9 Å². The van der Waals surface area contributed by atoms with E-state index in [1.165, 1.54) is 11.3 Å². The number of pyridine rings is 1. The molecule has 2 fully saturated rings. The summed E-state index contributed by atoms with van der Waals surface area (Å²) in [5.41, 5.74) is 6.23. The molecule has 1 saturated carbocycles. The quantitative estimate of drug-likeness (QED) is 0.357. The first-order valence-electron chi connectivity index (χ1n) is 14.0. The van der Waals surface area contributed by atoms with Gasteiger partial charge in [-0.15, -0.1) is 0 Å². The predicted octanol–water partition coefficient (Wildman–Crippen LogP) is 5.21. The molecule has 7 heteroatoms. The van der Waals surface area contributed by atoms with E-state index in [-0.39, 0.29) is 11.6 Å². The summed E-state index contributed by atoms with van der Waals surface area (Å²) in [6.07, 6.45) is 7.82. The highest BCUT2D eigenvalue weighted by molar-refractivity contribution is 5.77. The minimum Gasteiger partial charge on any atom is -0.369 e. The van der Waals surface area contributed by atoms with Gasteiger partial charge in [-0.05, 0) is 60.7 Å². The van der Waals surface area contributed by atoms with E-state index in [4.69, 9.17) is 4.98 Å². The number of rotatable bonds is 7. The van der Waals surface area contributed by atoms with Crippen LogP contribution in [0.4, 0.5) is 17.3 Å². The third-order valence-electron chi connectivity index (χ3n) is 7.97. The lowest BCUT2D eigenvalue weighted by molar-refractivity contribution is 0.513. The van der Waals surface area contributed by atoms with Crippen LogP contribution in [-0.4, -0.2) is 40.7 Å². The second kappa shape index (κ2) is 11.0. The Morgan fingerprint density at radius 2 is 1.68 bits per heavy atom. The molecule has 0 bridgehead atoms. The Morgan fingerprint density at radius 3 is 2.39 bits per heavy atom. The topological polar surface area (TPSA) is 75.1 Å². The molecule has 0 unspecified atom stereocenters. The van der Waals surface area contributed by atoms with Crippen LogP contribution < -0.4 is 21.1 Å². The number of fused-ring (bicyclic) bond motifs is 1. The summed E-state index contributed by atoms with van der Waals surface area (Å²) in [6.45, 7) is 6.22. The minimum absolute atomic E-state index is 0.0778. The molecule has 0 radical (unpaired) electrons.